The van der Waals surface area contributed by atoms with Crippen molar-refractivity contribution in [3.8, 4) is 0 Å². The monoisotopic (exact) mass is 399 g/mol. The number of hydrogen-bond donors (Lipinski definition) is 1. The van der Waals surface area contributed by atoms with Crippen LogP contribution in [0, 0.1) is 5.41 Å². The number of carbonyl (C=O) groups is 1. The third kappa shape index (κ3) is 4.43. The van der Waals surface area contributed by atoms with Gasteiger partial charge in [-0.05, 0) is 37.3 Å². The van der Waals surface area contributed by atoms with Crippen molar-refractivity contribution in [2.75, 3.05) is 33.8 Å². The molecular weight excluding hydrogens is 370 g/mol. The van der Waals surface area contributed by atoms with E-state index in [-0.39, 0.29) is 17.5 Å². The zero-order chi connectivity index (χ0) is 20.3. The van der Waals surface area contributed by atoms with E-state index in [1.54, 1.807) is 7.11 Å². The summed E-state index contributed by atoms with van der Waals surface area (Å²) >= 11 is 0. The van der Waals surface area contributed by atoms with Gasteiger partial charge in [0.1, 0.15) is 6.61 Å². The van der Waals surface area contributed by atoms with Gasteiger partial charge in [-0.25, -0.2) is 4.79 Å². The molecule has 29 heavy (non-hydrogen) atoms. The van der Waals surface area contributed by atoms with Crippen molar-refractivity contribution in [2.45, 2.75) is 38.5 Å². The van der Waals surface area contributed by atoms with Crippen LogP contribution in [0.1, 0.15) is 42.6 Å². The molecule has 2 aliphatic rings. The molecule has 1 atom stereocenters. The Morgan fingerprint density at radius 1 is 1.31 bits per heavy atom. The number of amides is 2. The molecule has 1 N–H and O–H groups in total. The summed E-state index contributed by atoms with van der Waals surface area (Å²) in [5.41, 5.74) is 1.32. The first-order valence-corrected chi connectivity index (χ1v) is 10.2. The predicted octanol–water partition coefficient (Wildman–Crippen LogP) is 2.58. The van der Waals surface area contributed by atoms with Gasteiger partial charge < -0.3 is 19.5 Å². The maximum Gasteiger partial charge on any atom is 0.317 e. The van der Waals surface area contributed by atoms with Crippen molar-refractivity contribution >= 4 is 6.03 Å². The molecular formula is C21H29N5O3. The third-order valence-electron chi connectivity index (χ3n) is 6.19. The first-order valence-electron chi connectivity index (χ1n) is 10.2. The van der Waals surface area contributed by atoms with E-state index >= 15 is 0 Å². The normalized spacial score (nSPS) is 21.6. The number of hydrogen-bond acceptors (Lipinski definition) is 6. The lowest BCUT2D eigenvalue weighted by Crippen LogP contribution is -2.47. The highest BCUT2D eigenvalue weighted by molar-refractivity contribution is 5.74. The van der Waals surface area contributed by atoms with Crippen molar-refractivity contribution in [2.24, 2.45) is 5.41 Å². The average Bonchev–Trinajstić information content (AvgIpc) is 3.32. The Kier molecular flexibility index (Phi) is 5.82. The summed E-state index contributed by atoms with van der Waals surface area (Å²) < 4.78 is 10.3. The molecule has 0 bridgehead atoms. The van der Waals surface area contributed by atoms with Crippen LogP contribution < -0.4 is 5.32 Å². The number of nitrogens with zero attached hydrogens (tertiary/aromatic N) is 4. The molecule has 2 fully saturated rings. The van der Waals surface area contributed by atoms with Crippen molar-refractivity contribution < 1.29 is 14.1 Å². The molecule has 2 aromatic rings. The van der Waals surface area contributed by atoms with E-state index in [2.05, 4.69) is 27.4 Å². The second kappa shape index (κ2) is 8.51. The van der Waals surface area contributed by atoms with Gasteiger partial charge in [0.2, 0.25) is 0 Å². The standard InChI is InChI=1S/C21H29N5O3/c1-25-15-21(12-17(25)19-23-18(14-28-2)29-24-19)8-10-26(11-9-21)20(27)22-13-16-6-4-3-5-7-16/h3-7,17H,8-15H2,1-2H3,(H,22,27). The maximum absolute atomic E-state index is 12.5. The summed E-state index contributed by atoms with van der Waals surface area (Å²) in [4.78, 5) is 21.3. The number of methoxy groups -OCH3 is 1. The number of carbonyl (C=O) groups excluding carboxylic acids is 1. The van der Waals surface area contributed by atoms with Crippen LogP contribution in [0.25, 0.3) is 0 Å². The largest absolute Gasteiger partial charge is 0.375 e. The second-order valence-electron chi connectivity index (χ2n) is 8.25. The minimum absolute atomic E-state index is 0.0222. The molecule has 1 aromatic heterocycles. The Morgan fingerprint density at radius 2 is 2.07 bits per heavy atom. The molecule has 1 unspecified atom stereocenters. The van der Waals surface area contributed by atoms with Gasteiger partial charge in [-0.1, -0.05) is 35.5 Å². The van der Waals surface area contributed by atoms with Gasteiger partial charge in [-0.3, -0.25) is 4.90 Å². The number of likely N-dealkylation sites (tertiary alicyclic amines) is 2. The number of nitrogens with one attached hydrogen (secondary N) is 1. The van der Waals surface area contributed by atoms with Gasteiger partial charge >= 0.3 is 6.03 Å². The zero-order valence-corrected chi connectivity index (χ0v) is 17.1. The van der Waals surface area contributed by atoms with Gasteiger partial charge in [0.15, 0.2) is 5.82 Å². The van der Waals surface area contributed by atoms with E-state index in [0.717, 1.165) is 50.3 Å². The molecule has 1 aromatic carbocycles. The van der Waals surface area contributed by atoms with Crippen LogP contribution in [0.3, 0.4) is 0 Å². The lowest BCUT2D eigenvalue weighted by Gasteiger charge is -2.39. The third-order valence-corrected chi connectivity index (χ3v) is 6.19. The summed E-state index contributed by atoms with van der Waals surface area (Å²) in [7, 11) is 3.73. The topological polar surface area (TPSA) is 83.7 Å². The minimum Gasteiger partial charge on any atom is -0.375 e. The van der Waals surface area contributed by atoms with E-state index in [9.17, 15) is 4.79 Å². The van der Waals surface area contributed by atoms with Gasteiger partial charge in [0.25, 0.3) is 5.89 Å². The number of benzene rings is 1. The number of aromatic nitrogens is 2. The first kappa shape index (κ1) is 19.8. The average molecular weight is 399 g/mol. The van der Waals surface area contributed by atoms with Crippen LogP contribution >= 0.6 is 0 Å². The SMILES string of the molecule is COCc1nc(C2CC3(CCN(C(=O)NCc4ccccc4)CC3)CN2C)no1. The molecule has 2 amide bonds. The van der Waals surface area contributed by atoms with Crippen molar-refractivity contribution in [3.63, 3.8) is 0 Å². The molecule has 0 aliphatic carbocycles. The molecule has 8 heteroatoms. The van der Waals surface area contributed by atoms with E-state index in [1.165, 1.54) is 0 Å². The van der Waals surface area contributed by atoms with Crippen LogP contribution in [0.5, 0.6) is 0 Å². The van der Waals surface area contributed by atoms with Gasteiger partial charge in [-0.2, -0.15) is 4.98 Å². The van der Waals surface area contributed by atoms with Crippen LogP contribution in [-0.4, -0.2) is 59.8 Å². The molecule has 3 heterocycles. The van der Waals surface area contributed by atoms with Gasteiger partial charge in [-0.15, -0.1) is 0 Å². The summed E-state index contributed by atoms with van der Waals surface area (Å²) in [6.07, 6.45) is 2.99. The lowest BCUT2D eigenvalue weighted by atomic mass is 9.76. The minimum atomic E-state index is 0.0222. The second-order valence-corrected chi connectivity index (χ2v) is 8.25. The Hall–Kier alpha value is -2.45. The summed E-state index contributed by atoms with van der Waals surface area (Å²) in [6, 6.07) is 10.2. The number of urea groups is 1. The van der Waals surface area contributed by atoms with Crippen LogP contribution in [-0.2, 0) is 17.9 Å². The zero-order valence-electron chi connectivity index (χ0n) is 17.1. The highest BCUT2D eigenvalue weighted by atomic mass is 16.5. The summed E-state index contributed by atoms with van der Waals surface area (Å²) in [5.74, 6) is 1.25. The highest BCUT2D eigenvalue weighted by Gasteiger charge is 2.46. The number of ether oxygens (including phenoxy) is 1. The van der Waals surface area contributed by atoms with E-state index in [0.29, 0.717) is 19.0 Å². The smallest absolute Gasteiger partial charge is 0.317 e. The fraction of sp³-hybridized carbons (Fsp3) is 0.571. The van der Waals surface area contributed by atoms with Crippen LogP contribution in [0.2, 0.25) is 0 Å². The molecule has 1 spiro atoms. The van der Waals surface area contributed by atoms with Gasteiger partial charge in [0, 0.05) is 33.3 Å². The van der Waals surface area contributed by atoms with Gasteiger partial charge in [0.05, 0.1) is 6.04 Å². The Labute approximate surface area is 171 Å². The molecule has 0 saturated carbocycles. The number of rotatable bonds is 5. The van der Waals surface area contributed by atoms with Crippen LogP contribution in [0.15, 0.2) is 34.9 Å². The predicted molar refractivity (Wildman–Crippen MR) is 107 cm³/mol. The van der Waals surface area contributed by atoms with E-state index < -0.39 is 0 Å². The van der Waals surface area contributed by atoms with Crippen molar-refractivity contribution in [3.05, 3.63) is 47.6 Å². The quantitative estimate of drug-likeness (QED) is 0.832. The fourth-order valence-corrected chi connectivity index (χ4v) is 4.58. The molecule has 0 radical (unpaired) electrons. The van der Waals surface area contributed by atoms with E-state index in [1.807, 2.05) is 35.2 Å². The molecule has 2 aliphatic heterocycles. The molecule has 4 rings (SSSR count). The Balaban J connectivity index is 1.30. The summed E-state index contributed by atoms with van der Waals surface area (Å²) in [6.45, 7) is 3.45. The number of piperidine rings is 1. The Bertz CT molecular complexity index is 817. The lowest BCUT2D eigenvalue weighted by molar-refractivity contribution is 0.122. The highest BCUT2D eigenvalue weighted by Crippen LogP contribution is 2.47. The van der Waals surface area contributed by atoms with Crippen molar-refractivity contribution in [1.29, 1.82) is 0 Å². The molecule has 8 nitrogen and oxygen atoms in total. The fourth-order valence-electron chi connectivity index (χ4n) is 4.58. The Morgan fingerprint density at radius 3 is 2.79 bits per heavy atom. The van der Waals surface area contributed by atoms with Crippen molar-refractivity contribution in [1.82, 2.24) is 25.3 Å². The van der Waals surface area contributed by atoms with E-state index in [4.69, 9.17) is 9.26 Å². The molecule has 2 saturated heterocycles. The maximum atomic E-state index is 12.5. The van der Waals surface area contributed by atoms with Crippen LogP contribution in [0.4, 0.5) is 4.79 Å². The molecule has 156 valence electrons. The first-order chi connectivity index (χ1) is 14.1. The summed E-state index contributed by atoms with van der Waals surface area (Å²) in [5, 5.41) is 7.20.